The molecular formula is C10H14N2O. The Morgan fingerprint density at radius 3 is 2.92 bits per heavy atom. The first-order valence-corrected chi connectivity index (χ1v) is 4.67. The molecule has 0 bridgehead atoms. The minimum Gasteiger partial charge on any atom is -0.316 e. The summed E-state index contributed by atoms with van der Waals surface area (Å²) in [5.74, 6) is 0. The van der Waals surface area contributed by atoms with Gasteiger partial charge >= 0.3 is 0 Å². The van der Waals surface area contributed by atoms with Crippen molar-refractivity contribution in [3.63, 3.8) is 0 Å². The van der Waals surface area contributed by atoms with Crippen LogP contribution >= 0.6 is 0 Å². The second kappa shape index (κ2) is 3.34. The number of nitrogens with one attached hydrogen (secondary N) is 1. The highest BCUT2D eigenvalue weighted by Crippen LogP contribution is 2.09. The highest BCUT2D eigenvalue weighted by Gasteiger charge is 2.09. The Bertz CT molecular complexity index is 368. The van der Waals surface area contributed by atoms with Crippen molar-refractivity contribution in [3.8, 4) is 0 Å². The second-order valence-corrected chi connectivity index (χ2v) is 3.45. The van der Waals surface area contributed by atoms with Gasteiger partial charge < -0.3 is 9.88 Å². The first kappa shape index (κ1) is 8.51. The van der Waals surface area contributed by atoms with Gasteiger partial charge in [-0.05, 0) is 18.5 Å². The van der Waals surface area contributed by atoms with Crippen LogP contribution in [-0.2, 0) is 19.9 Å². The van der Waals surface area contributed by atoms with Gasteiger partial charge in [0, 0.05) is 31.8 Å². The van der Waals surface area contributed by atoms with Crippen molar-refractivity contribution in [3.05, 3.63) is 33.7 Å². The summed E-state index contributed by atoms with van der Waals surface area (Å²) in [6.07, 6.45) is 1.99. The molecule has 0 unspecified atom stereocenters. The van der Waals surface area contributed by atoms with E-state index in [1.54, 1.807) is 10.6 Å². The summed E-state index contributed by atoms with van der Waals surface area (Å²) in [6, 6.07) is 3.62. The molecule has 0 fully saturated rings. The molecule has 3 heteroatoms. The maximum Gasteiger partial charge on any atom is 0.250 e. The van der Waals surface area contributed by atoms with Gasteiger partial charge in [-0.2, -0.15) is 0 Å². The van der Waals surface area contributed by atoms with Crippen molar-refractivity contribution >= 4 is 0 Å². The van der Waals surface area contributed by atoms with Crippen molar-refractivity contribution in [2.45, 2.75) is 12.8 Å². The largest absolute Gasteiger partial charge is 0.316 e. The van der Waals surface area contributed by atoms with Gasteiger partial charge in [-0.15, -0.1) is 0 Å². The van der Waals surface area contributed by atoms with Crippen molar-refractivity contribution in [1.82, 2.24) is 9.88 Å². The maximum atomic E-state index is 11.3. The van der Waals surface area contributed by atoms with Gasteiger partial charge in [-0.3, -0.25) is 4.79 Å². The van der Waals surface area contributed by atoms with Gasteiger partial charge in [0.15, 0.2) is 0 Å². The monoisotopic (exact) mass is 178 g/mol. The number of rotatable bonds is 0. The standard InChI is InChI=1S/C10H14N2O/c1-12-9-5-7-11-6-4-8(9)2-3-10(12)13/h2-3,11H,4-7H2,1H3. The molecule has 0 aromatic carbocycles. The van der Waals surface area contributed by atoms with E-state index in [1.165, 1.54) is 11.3 Å². The van der Waals surface area contributed by atoms with Crippen LogP contribution in [0.1, 0.15) is 11.3 Å². The Balaban J connectivity index is 2.54. The first-order valence-electron chi connectivity index (χ1n) is 4.67. The average Bonchev–Trinajstić information content (AvgIpc) is 2.36. The van der Waals surface area contributed by atoms with E-state index < -0.39 is 0 Å². The smallest absolute Gasteiger partial charge is 0.250 e. The van der Waals surface area contributed by atoms with E-state index >= 15 is 0 Å². The number of aromatic nitrogens is 1. The lowest BCUT2D eigenvalue weighted by Crippen LogP contribution is -2.21. The Hall–Kier alpha value is -1.09. The van der Waals surface area contributed by atoms with Crippen LogP contribution in [0.3, 0.4) is 0 Å². The Labute approximate surface area is 77.4 Å². The van der Waals surface area contributed by atoms with Crippen molar-refractivity contribution < 1.29 is 0 Å². The summed E-state index contributed by atoms with van der Waals surface area (Å²) in [4.78, 5) is 11.3. The summed E-state index contributed by atoms with van der Waals surface area (Å²) in [6.45, 7) is 2.00. The molecule has 0 aliphatic carbocycles. The number of nitrogens with zero attached hydrogens (tertiary/aromatic N) is 1. The van der Waals surface area contributed by atoms with E-state index in [0.29, 0.717) is 0 Å². The Morgan fingerprint density at radius 2 is 2.08 bits per heavy atom. The molecule has 1 N–H and O–H groups in total. The molecule has 0 spiro atoms. The predicted molar refractivity (Wildman–Crippen MR) is 52.0 cm³/mol. The molecule has 3 nitrogen and oxygen atoms in total. The molecule has 0 radical (unpaired) electrons. The van der Waals surface area contributed by atoms with Crippen LogP contribution in [-0.4, -0.2) is 17.7 Å². The molecule has 1 aromatic rings. The quantitative estimate of drug-likeness (QED) is 0.610. The van der Waals surface area contributed by atoms with Crippen LogP contribution in [0, 0.1) is 0 Å². The third kappa shape index (κ3) is 1.52. The maximum absolute atomic E-state index is 11.3. The highest BCUT2D eigenvalue weighted by molar-refractivity contribution is 5.23. The highest BCUT2D eigenvalue weighted by atomic mass is 16.1. The lowest BCUT2D eigenvalue weighted by molar-refractivity contribution is 0.694. The van der Waals surface area contributed by atoms with E-state index in [0.717, 1.165) is 25.9 Å². The third-order valence-corrected chi connectivity index (χ3v) is 2.64. The summed E-state index contributed by atoms with van der Waals surface area (Å²) in [5, 5.41) is 3.33. The van der Waals surface area contributed by atoms with Crippen LogP contribution in [0.4, 0.5) is 0 Å². The molecule has 0 amide bonds. The molecule has 1 aromatic heterocycles. The predicted octanol–water partition coefficient (Wildman–Crippen LogP) is 0.0735. The van der Waals surface area contributed by atoms with Gasteiger partial charge in [0.1, 0.15) is 0 Å². The zero-order valence-electron chi connectivity index (χ0n) is 7.84. The van der Waals surface area contributed by atoms with E-state index in [-0.39, 0.29) is 5.56 Å². The van der Waals surface area contributed by atoms with Crippen molar-refractivity contribution in [2.24, 2.45) is 7.05 Å². The van der Waals surface area contributed by atoms with Crippen molar-refractivity contribution in [2.75, 3.05) is 13.1 Å². The molecule has 70 valence electrons. The van der Waals surface area contributed by atoms with Crippen LogP contribution in [0.5, 0.6) is 0 Å². The summed E-state index contributed by atoms with van der Waals surface area (Å²) in [5.41, 5.74) is 2.60. The molecule has 13 heavy (non-hydrogen) atoms. The SMILES string of the molecule is Cn1c2c(ccc1=O)CCNCC2. The minimum absolute atomic E-state index is 0.0978. The lowest BCUT2D eigenvalue weighted by atomic mass is 10.1. The van der Waals surface area contributed by atoms with Crippen LogP contribution < -0.4 is 10.9 Å². The van der Waals surface area contributed by atoms with E-state index in [2.05, 4.69) is 5.32 Å². The van der Waals surface area contributed by atoms with Crippen LogP contribution in [0.25, 0.3) is 0 Å². The number of hydrogen-bond acceptors (Lipinski definition) is 2. The van der Waals surface area contributed by atoms with Crippen molar-refractivity contribution in [1.29, 1.82) is 0 Å². The first-order chi connectivity index (χ1) is 6.29. The van der Waals surface area contributed by atoms with E-state index in [4.69, 9.17) is 0 Å². The van der Waals surface area contributed by atoms with E-state index in [9.17, 15) is 4.79 Å². The third-order valence-electron chi connectivity index (χ3n) is 2.64. The molecule has 0 atom stereocenters. The fourth-order valence-electron chi connectivity index (χ4n) is 1.84. The van der Waals surface area contributed by atoms with Gasteiger partial charge in [0.25, 0.3) is 0 Å². The Morgan fingerprint density at radius 1 is 1.31 bits per heavy atom. The molecule has 2 heterocycles. The average molecular weight is 178 g/mol. The number of pyridine rings is 1. The normalized spacial score (nSPS) is 16.4. The van der Waals surface area contributed by atoms with Gasteiger partial charge in [-0.25, -0.2) is 0 Å². The zero-order valence-corrected chi connectivity index (χ0v) is 7.84. The number of fused-ring (bicyclic) bond motifs is 1. The van der Waals surface area contributed by atoms with Gasteiger partial charge in [0.2, 0.25) is 5.56 Å². The van der Waals surface area contributed by atoms with Crippen LogP contribution in [0.2, 0.25) is 0 Å². The topological polar surface area (TPSA) is 34.0 Å². The number of hydrogen-bond donors (Lipinski definition) is 1. The molecule has 0 saturated carbocycles. The molecular weight excluding hydrogens is 164 g/mol. The molecule has 1 aliphatic heterocycles. The fraction of sp³-hybridized carbons (Fsp3) is 0.500. The van der Waals surface area contributed by atoms with Gasteiger partial charge in [0.05, 0.1) is 0 Å². The summed E-state index contributed by atoms with van der Waals surface area (Å²) < 4.78 is 1.77. The Kier molecular flexibility index (Phi) is 2.19. The molecule has 0 saturated heterocycles. The molecule has 1 aliphatic rings. The van der Waals surface area contributed by atoms with Gasteiger partial charge in [-0.1, -0.05) is 6.07 Å². The summed E-state index contributed by atoms with van der Waals surface area (Å²) >= 11 is 0. The lowest BCUT2D eigenvalue weighted by Gasteiger charge is -2.09. The minimum atomic E-state index is 0.0978. The zero-order chi connectivity index (χ0) is 9.26. The second-order valence-electron chi connectivity index (χ2n) is 3.45. The van der Waals surface area contributed by atoms with E-state index in [1.807, 2.05) is 13.1 Å². The summed E-state index contributed by atoms with van der Waals surface area (Å²) in [7, 11) is 1.85. The fourth-order valence-corrected chi connectivity index (χ4v) is 1.84. The molecule has 2 rings (SSSR count). The van der Waals surface area contributed by atoms with Crippen LogP contribution in [0.15, 0.2) is 16.9 Å².